The van der Waals surface area contributed by atoms with E-state index in [1.165, 1.54) is 54.0 Å². The molecular formula is C31H31F3N2O6. The monoisotopic (exact) mass is 584 g/mol. The zero-order valence-corrected chi connectivity index (χ0v) is 22.7. The number of ether oxygens (including phenoxy) is 2. The summed E-state index contributed by atoms with van der Waals surface area (Å²) in [5, 5.41) is 11.3. The molecule has 1 fully saturated rings. The highest BCUT2D eigenvalue weighted by molar-refractivity contribution is 5.97. The third kappa shape index (κ3) is 8.98. The van der Waals surface area contributed by atoms with Crippen molar-refractivity contribution in [2.75, 3.05) is 11.4 Å². The van der Waals surface area contributed by atoms with Crippen LogP contribution in [0.15, 0.2) is 72.8 Å². The number of hydrogen-bond acceptors (Lipinski definition) is 5. The first-order chi connectivity index (χ1) is 20.1. The molecule has 0 radical (unpaired) electrons. The number of benzene rings is 3. The van der Waals surface area contributed by atoms with Gasteiger partial charge in [0.1, 0.15) is 11.5 Å². The Bertz CT molecular complexity index is 1370. The quantitative estimate of drug-likeness (QED) is 0.265. The first kappa shape index (κ1) is 30.4. The van der Waals surface area contributed by atoms with Crippen molar-refractivity contribution in [2.24, 2.45) is 0 Å². The number of carboxylic acids is 1. The number of amides is 2. The van der Waals surface area contributed by atoms with E-state index in [1.54, 1.807) is 24.3 Å². The Morgan fingerprint density at radius 1 is 0.905 bits per heavy atom. The van der Waals surface area contributed by atoms with E-state index in [0.717, 1.165) is 25.0 Å². The molecule has 0 unspecified atom stereocenters. The molecule has 222 valence electrons. The van der Waals surface area contributed by atoms with Gasteiger partial charge in [0.25, 0.3) is 5.91 Å². The first-order valence-electron chi connectivity index (χ1n) is 13.6. The second-order valence-corrected chi connectivity index (χ2v) is 10.00. The number of nitrogens with zero attached hydrogens (tertiary/aromatic N) is 1. The van der Waals surface area contributed by atoms with Gasteiger partial charge in [0.05, 0.1) is 13.0 Å². The summed E-state index contributed by atoms with van der Waals surface area (Å²) < 4.78 is 47.4. The highest BCUT2D eigenvalue weighted by Gasteiger charge is 2.31. The van der Waals surface area contributed by atoms with Crippen molar-refractivity contribution in [3.8, 4) is 11.5 Å². The largest absolute Gasteiger partial charge is 0.573 e. The highest BCUT2D eigenvalue weighted by atomic mass is 19.4. The maximum Gasteiger partial charge on any atom is 0.573 e. The van der Waals surface area contributed by atoms with E-state index in [4.69, 9.17) is 9.84 Å². The second-order valence-electron chi connectivity index (χ2n) is 10.00. The highest BCUT2D eigenvalue weighted by Crippen LogP contribution is 2.33. The summed E-state index contributed by atoms with van der Waals surface area (Å²) in [6, 6.07) is 18.5. The van der Waals surface area contributed by atoms with E-state index >= 15 is 0 Å². The normalized spacial score (nSPS) is 13.7. The van der Waals surface area contributed by atoms with E-state index < -0.39 is 30.1 Å². The van der Waals surface area contributed by atoms with Crippen LogP contribution in [0.25, 0.3) is 0 Å². The fourth-order valence-corrected chi connectivity index (χ4v) is 4.84. The Balaban J connectivity index is 1.54. The number of rotatable bonds is 10. The molecule has 0 aromatic heterocycles. The predicted molar refractivity (Wildman–Crippen MR) is 149 cm³/mol. The number of carbonyl (C=O) groups excluding carboxylic acids is 2. The molecule has 8 nitrogen and oxygen atoms in total. The van der Waals surface area contributed by atoms with Crippen LogP contribution in [0.4, 0.5) is 23.7 Å². The van der Waals surface area contributed by atoms with Crippen molar-refractivity contribution in [3.05, 3.63) is 89.5 Å². The van der Waals surface area contributed by atoms with Gasteiger partial charge >= 0.3 is 18.4 Å². The summed E-state index contributed by atoms with van der Waals surface area (Å²) in [4.78, 5) is 38.1. The van der Waals surface area contributed by atoms with Crippen LogP contribution in [0.3, 0.4) is 0 Å². The number of carbonyl (C=O) groups is 3. The Hall–Kier alpha value is -4.54. The fraction of sp³-hybridized carbons (Fsp3) is 0.323. The number of aliphatic carboxylic acids is 1. The molecule has 0 bridgehead atoms. The molecule has 3 aromatic carbocycles. The van der Waals surface area contributed by atoms with E-state index in [2.05, 4.69) is 10.1 Å². The lowest BCUT2D eigenvalue weighted by atomic mass is 9.84. The van der Waals surface area contributed by atoms with Gasteiger partial charge < -0.3 is 19.9 Å². The van der Waals surface area contributed by atoms with Gasteiger partial charge in [-0.15, -0.1) is 13.2 Å². The van der Waals surface area contributed by atoms with Gasteiger partial charge in [0.2, 0.25) is 0 Å². The van der Waals surface area contributed by atoms with Crippen molar-refractivity contribution in [1.82, 2.24) is 5.32 Å². The molecule has 1 aliphatic carbocycles. The van der Waals surface area contributed by atoms with Crippen LogP contribution in [0, 0.1) is 0 Å². The smallest absolute Gasteiger partial charge is 0.481 e. The zero-order chi connectivity index (χ0) is 30.1. The summed E-state index contributed by atoms with van der Waals surface area (Å²) >= 11 is 0. The number of halogens is 3. The van der Waals surface area contributed by atoms with E-state index in [1.807, 2.05) is 12.1 Å². The topological polar surface area (TPSA) is 105 Å². The number of anilines is 1. The van der Waals surface area contributed by atoms with Gasteiger partial charge in [-0.25, -0.2) is 4.79 Å². The van der Waals surface area contributed by atoms with Crippen molar-refractivity contribution in [1.29, 1.82) is 0 Å². The minimum absolute atomic E-state index is 0.0760. The summed E-state index contributed by atoms with van der Waals surface area (Å²) in [6.45, 7) is -0.164. The molecule has 2 amide bonds. The van der Waals surface area contributed by atoms with Crippen LogP contribution in [-0.2, 0) is 11.3 Å². The van der Waals surface area contributed by atoms with Gasteiger partial charge in [-0.05, 0) is 72.4 Å². The van der Waals surface area contributed by atoms with Crippen molar-refractivity contribution in [3.63, 3.8) is 0 Å². The summed E-state index contributed by atoms with van der Waals surface area (Å²) in [6.07, 6.45) is 0.0180. The summed E-state index contributed by atoms with van der Waals surface area (Å²) in [5.74, 6) is -1.19. The molecule has 4 rings (SSSR count). The zero-order valence-electron chi connectivity index (χ0n) is 22.7. The van der Waals surface area contributed by atoms with Crippen molar-refractivity contribution < 1.29 is 42.1 Å². The number of hydrogen-bond donors (Lipinski definition) is 2. The molecule has 0 spiro atoms. The third-order valence-corrected chi connectivity index (χ3v) is 6.92. The lowest BCUT2D eigenvalue weighted by Gasteiger charge is -2.24. The van der Waals surface area contributed by atoms with Crippen LogP contribution in [0.5, 0.6) is 11.5 Å². The van der Waals surface area contributed by atoms with Gasteiger partial charge in [-0.3, -0.25) is 14.5 Å². The molecule has 1 aliphatic rings. The second kappa shape index (κ2) is 13.9. The molecular weight excluding hydrogens is 553 g/mol. The molecule has 11 heteroatoms. The van der Waals surface area contributed by atoms with Crippen LogP contribution in [0.1, 0.15) is 65.9 Å². The molecule has 0 aliphatic heterocycles. The van der Waals surface area contributed by atoms with Gasteiger partial charge in [0.15, 0.2) is 0 Å². The fourth-order valence-electron chi connectivity index (χ4n) is 4.84. The Morgan fingerprint density at radius 2 is 1.57 bits per heavy atom. The average Bonchev–Trinajstić information content (AvgIpc) is 2.96. The number of carboxylic acid groups (broad SMARTS) is 1. The maximum atomic E-state index is 13.5. The van der Waals surface area contributed by atoms with Crippen LogP contribution >= 0.6 is 0 Å². The van der Waals surface area contributed by atoms with Crippen LogP contribution in [0.2, 0.25) is 0 Å². The lowest BCUT2D eigenvalue weighted by molar-refractivity contribution is -0.274. The minimum Gasteiger partial charge on any atom is -0.481 e. The van der Waals surface area contributed by atoms with Crippen molar-refractivity contribution in [2.45, 2.75) is 57.3 Å². The first-order valence-corrected chi connectivity index (χ1v) is 13.6. The maximum absolute atomic E-state index is 13.5. The van der Waals surface area contributed by atoms with Crippen LogP contribution in [-0.4, -0.2) is 36.0 Å². The van der Waals surface area contributed by atoms with Gasteiger partial charge in [-0.2, -0.15) is 0 Å². The third-order valence-electron chi connectivity index (χ3n) is 6.92. The van der Waals surface area contributed by atoms with Crippen molar-refractivity contribution >= 4 is 23.7 Å². The standard InChI is InChI=1S/C31H31F3N2O6/c32-31(33,34)42-27-13-9-21(10-14-27)20-36(25-8-4-7-24(19-25)29(39)35-18-17-28(37)38)30(40)41-26-15-11-23(12-16-26)22-5-2-1-3-6-22/h4,7-16,19,22H,1-3,5-6,17-18,20H2,(H,35,39)(H,37,38). The lowest BCUT2D eigenvalue weighted by Crippen LogP contribution is -2.33. The van der Waals surface area contributed by atoms with E-state index in [9.17, 15) is 27.6 Å². The molecule has 0 atom stereocenters. The molecule has 2 N–H and O–H groups in total. The van der Waals surface area contributed by atoms with Gasteiger partial charge in [-0.1, -0.05) is 49.6 Å². The average molecular weight is 585 g/mol. The minimum atomic E-state index is -4.84. The Labute approximate surface area is 241 Å². The molecule has 3 aromatic rings. The number of nitrogens with one attached hydrogen (secondary N) is 1. The molecule has 0 saturated heterocycles. The SMILES string of the molecule is O=C(O)CCNC(=O)c1cccc(N(Cc2ccc(OC(F)(F)F)cc2)C(=O)Oc2ccc(C3CCCCC3)cc2)c1. The Kier molecular flexibility index (Phi) is 10.1. The summed E-state index contributed by atoms with van der Waals surface area (Å²) in [7, 11) is 0. The van der Waals surface area contributed by atoms with E-state index in [0.29, 0.717) is 22.9 Å². The molecule has 42 heavy (non-hydrogen) atoms. The summed E-state index contributed by atoms with van der Waals surface area (Å²) in [5.41, 5.74) is 2.14. The molecule has 1 saturated carbocycles. The van der Waals surface area contributed by atoms with E-state index in [-0.39, 0.29) is 25.1 Å². The Morgan fingerprint density at radius 3 is 2.21 bits per heavy atom. The predicted octanol–water partition coefficient (Wildman–Crippen LogP) is 7.04. The molecule has 0 heterocycles. The number of alkyl halides is 3. The van der Waals surface area contributed by atoms with Crippen LogP contribution < -0.4 is 19.7 Å². The van der Waals surface area contributed by atoms with Gasteiger partial charge in [0, 0.05) is 17.8 Å².